The highest BCUT2D eigenvalue weighted by atomic mass is 35.5. The summed E-state index contributed by atoms with van der Waals surface area (Å²) >= 11 is 6.30. The third kappa shape index (κ3) is 5.22. The fourth-order valence-corrected chi connectivity index (χ4v) is 3.61. The first-order chi connectivity index (χ1) is 13.7. The summed E-state index contributed by atoms with van der Waals surface area (Å²) in [5, 5.41) is 0.0991. The zero-order chi connectivity index (χ0) is 21.7. The van der Waals surface area contributed by atoms with Crippen molar-refractivity contribution in [1.29, 1.82) is 0 Å². The van der Waals surface area contributed by atoms with Gasteiger partial charge in [-0.15, -0.1) is 0 Å². The van der Waals surface area contributed by atoms with Gasteiger partial charge < -0.3 is 14.2 Å². The molecule has 1 heterocycles. The number of carbonyl (C=O) groups excluding carboxylic acids is 2. The van der Waals surface area contributed by atoms with Crippen LogP contribution in [0.1, 0.15) is 39.2 Å². The first-order valence-corrected chi connectivity index (χ1v) is 9.63. The number of aliphatic imine (C=N–C) groups is 1. The van der Waals surface area contributed by atoms with E-state index in [9.17, 15) is 14.0 Å². The molecule has 2 unspecified atom stereocenters. The molecule has 0 bridgehead atoms. The van der Waals surface area contributed by atoms with Gasteiger partial charge in [0, 0.05) is 35.0 Å². The lowest BCUT2D eigenvalue weighted by Crippen LogP contribution is -2.38. The van der Waals surface area contributed by atoms with Crippen molar-refractivity contribution in [2.75, 3.05) is 20.3 Å². The van der Waals surface area contributed by atoms with E-state index in [1.165, 1.54) is 25.3 Å². The van der Waals surface area contributed by atoms with Gasteiger partial charge in [0.1, 0.15) is 18.3 Å². The van der Waals surface area contributed by atoms with Crippen LogP contribution in [0.2, 0.25) is 5.02 Å². The molecule has 0 radical (unpaired) electrons. The van der Waals surface area contributed by atoms with Crippen LogP contribution >= 0.6 is 11.6 Å². The number of methoxy groups -OCH3 is 1. The largest absolute Gasteiger partial charge is 0.462 e. The van der Waals surface area contributed by atoms with Gasteiger partial charge in [-0.3, -0.25) is 9.79 Å². The fourth-order valence-electron chi connectivity index (χ4n) is 3.33. The van der Waals surface area contributed by atoms with Crippen LogP contribution in [0.15, 0.2) is 34.5 Å². The molecule has 1 aliphatic heterocycles. The Labute approximate surface area is 174 Å². The van der Waals surface area contributed by atoms with Crippen LogP contribution in [0.25, 0.3) is 0 Å². The van der Waals surface area contributed by atoms with Crippen molar-refractivity contribution in [2.45, 2.75) is 39.7 Å². The number of benzene rings is 1. The molecule has 0 amide bonds. The predicted octanol–water partition coefficient (Wildman–Crippen LogP) is 4.07. The summed E-state index contributed by atoms with van der Waals surface area (Å²) in [5.74, 6) is -3.99. The van der Waals surface area contributed by atoms with E-state index in [1.54, 1.807) is 27.7 Å². The Morgan fingerprint density at radius 2 is 1.93 bits per heavy atom. The van der Waals surface area contributed by atoms with Crippen molar-refractivity contribution >= 4 is 29.3 Å². The summed E-state index contributed by atoms with van der Waals surface area (Å²) in [5.41, 5.74) is 0.852. The molecule has 158 valence electrons. The minimum Gasteiger partial charge on any atom is -0.462 e. The smallest absolute Gasteiger partial charge is 0.336 e. The third-order valence-corrected chi connectivity index (χ3v) is 4.81. The number of esters is 2. The Balaban J connectivity index is 2.62. The second kappa shape index (κ2) is 9.98. The van der Waals surface area contributed by atoms with E-state index in [1.807, 2.05) is 0 Å². The Hall–Kier alpha value is -2.25. The summed E-state index contributed by atoms with van der Waals surface area (Å²) in [7, 11) is 1.48. The lowest BCUT2D eigenvalue weighted by molar-refractivity contribution is -0.150. The molecule has 1 aromatic carbocycles. The first-order valence-electron chi connectivity index (χ1n) is 9.25. The number of hydrogen-bond acceptors (Lipinski definition) is 6. The number of allylic oxidation sites excluding steroid dienone is 1. The lowest BCUT2D eigenvalue weighted by Gasteiger charge is -2.32. The summed E-state index contributed by atoms with van der Waals surface area (Å²) in [6, 6.07) is 4.20. The van der Waals surface area contributed by atoms with Crippen LogP contribution < -0.4 is 0 Å². The molecule has 1 aliphatic rings. The van der Waals surface area contributed by atoms with Crippen LogP contribution in [-0.4, -0.2) is 44.1 Å². The summed E-state index contributed by atoms with van der Waals surface area (Å²) in [4.78, 5) is 30.1. The molecule has 0 saturated heterocycles. The molecular weight excluding hydrogens is 401 g/mol. The maximum atomic E-state index is 14.9. The van der Waals surface area contributed by atoms with Gasteiger partial charge in [0.25, 0.3) is 0 Å². The number of rotatable bonds is 7. The van der Waals surface area contributed by atoms with Crippen LogP contribution in [0.3, 0.4) is 0 Å². The first kappa shape index (κ1) is 23.0. The number of hydrogen-bond donors (Lipinski definition) is 0. The van der Waals surface area contributed by atoms with Gasteiger partial charge in [-0.2, -0.15) is 0 Å². The van der Waals surface area contributed by atoms with Crippen molar-refractivity contribution in [3.63, 3.8) is 0 Å². The number of halogens is 2. The minimum absolute atomic E-state index is 0.00758. The Morgan fingerprint density at radius 1 is 1.24 bits per heavy atom. The molecule has 0 saturated carbocycles. The molecule has 0 aromatic heterocycles. The summed E-state index contributed by atoms with van der Waals surface area (Å²) in [6.45, 7) is 6.88. The van der Waals surface area contributed by atoms with Crippen LogP contribution in [-0.2, 0) is 23.8 Å². The topological polar surface area (TPSA) is 74.2 Å². The fraction of sp³-hybridized carbons (Fsp3) is 0.476. The van der Waals surface area contributed by atoms with Gasteiger partial charge >= 0.3 is 11.9 Å². The zero-order valence-electron chi connectivity index (χ0n) is 17.1. The average Bonchev–Trinajstić information content (AvgIpc) is 2.60. The van der Waals surface area contributed by atoms with Crippen molar-refractivity contribution in [3.8, 4) is 0 Å². The summed E-state index contributed by atoms with van der Waals surface area (Å²) in [6.07, 6.45) is -0.392. The highest BCUT2D eigenvalue weighted by Gasteiger charge is 2.44. The van der Waals surface area contributed by atoms with E-state index >= 15 is 0 Å². The molecule has 0 N–H and O–H groups in total. The molecular formula is C21H25ClFNO5. The SMILES string of the molecule is COCCOC(=O)C1=C(C)N=C(C)C(C(=O)OC(C)C)C1c1c(F)cccc1Cl. The Morgan fingerprint density at radius 3 is 2.52 bits per heavy atom. The van der Waals surface area contributed by atoms with E-state index in [0.717, 1.165) is 0 Å². The van der Waals surface area contributed by atoms with E-state index in [4.69, 9.17) is 25.8 Å². The molecule has 8 heteroatoms. The van der Waals surface area contributed by atoms with Crippen LogP contribution in [0.4, 0.5) is 4.39 Å². The monoisotopic (exact) mass is 425 g/mol. The van der Waals surface area contributed by atoms with E-state index in [0.29, 0.717) is 11.4 Å². The highest BCUT2D eigenvalue weighted by Crippen LogP contribution is 2.43. The number of ether oxygens (including phenoxy) is 3. The molecule has 2 rings (SSSR count). The van der Waals surface area contributed by atoms with E-state index in [2.05, 4.69) is 4.99 Å². The molecule has 29 heavy (non-hydrogen) atoms. The van der Waals surface area contributed by atoms with Gasteiger partial charge in [0.2, 0.25) is 0 Å². The van der Waals surface area contributed by atoms with E-state index in [-0.39, 0.29) is 29.4 Å². The Bertz CT molecular complexity index is 829. The average molecular weight is 426 g/mol. The van der Waals surface area contributed by atoms with Crippen molar-refractivity contribution < 1.29 is 28.2 Å². The normalized spacial score (nSPS) is 19.2. The summed E-state index contributed by atoms with van der Waals surface area (Å²) < 4.78 is 30.4. The standard InChI is InChI=1S/C21H25ClFNO5/c1-11(2)29-21(26)17-13(4)24-12(3)16(20(25)28-10-9-27-5)19(17)18-14(22)7-6-8-15(18)23/h6-8,11,17,19H,9-10H2,1-5H3. The van der Waals surface area contributed by atoms with Gasteiger partial charge in [-0.05, 0) is 39.8 Å². The molecule has 0 aliphatic carbocycles. The maximum absolute atomic E-state index is 14.9. The maximum Gasteiger partial charge on any atom is 0.336 e. The van der Waals surface area contributed by atoms with Crippen molar-refractivity contribution in [3.05, 3.63) is 45.9 Å². The number of nitrogens with zero attached hydrogens (tertiary/aromatic N) is 1. The van der Waals surface area contributed by atoms with Gasteiger partial charge in [-0.25, -0.2) is 9.18 Å². The van der Waals surface area contributed by atoms with Crippen molar-refractivity contribution in [2.24, 2.45) is 10.9 Å². The molecule has 1 aromatic rings. The molecule has 0 fully saturated rings. The van der Waals surface area contributed by atoms with Crippen LogP contribution in [0.5, 0.6) is 0 Å². The molecule has 2 atom stereocenters. The third-order valence-electron chi connectivity index (χ3n) is 4.49. The second-order valence-electron chi connectivity index (χ2n) is 6.96. The lowest BCUT2D eigenvalue weighted by atomic mass is 9.75. The van der Waals surface area contributed by atoms with Gasteiger partial charge in [-0.1, -0.05) is 17.7 Å². The quantitative estimate of drug-likeness (QED) is 0.486. The van der Waals surface area contributed by atoms with E-state index < -0.39 is 35.7 Å². The zero-order valence-corrected chi connectivity index (χ0v) is 17.9. The predicted molar refractivity (Wildman–Crippen MR) is 108 cm³/mol. The molecule has 0 spiro atoms. The van der Waals surface area contributed by atoms with Crippen molar-refractivity contribution in [1.82, 2.24) is 0 Å². The van der Waals surface area contributed by atoms with Crippen LogP contribution in [0, 0.1) is 11.7 Å². The second-order valence-corrected chi connectivity index (χ2v) is 7.36. The highest BCUT2D eigenvalue weighted by molar-refractivity contribution is 6.31. The van der Waals surface area contributed by atoms with Gasteiger partial charge in [0.15, 0.2) is 0 Å². The minimum atomic E-state index is -1.03. The van der Waals surface area contributed by atoms with Gasteiger partial charge in [0.05, 0.1) is 18.3 Å². The molecule has 6 nitrogen and oxygen atoms in total. The number of carbonyl (C=O) groups is 2. The Kier molecular flexibility index (Phi) is 7.93.